The van der Waals surface area contributed by atoms with Gasteiger partial charge in [-0.3, -0.25) is 0 Å². The monoisotopic (exact) mass is 282 g/mol. The average molecular weight is 282 g/mol. The average Bonchev–Trinajstić information content (AvgIpc) is 2.39. The van der Waals surface area contributed by atoms with Crippen LogP contribution in [0.15, 0.2) is 24.3 Å². The summed E-state index contributed by atoms with van der Waals surface area (Å²) in [6.45, 7) is 0.893. The standard InChI is InChI=1S/C14H22N2O4/c1-16(8-13(17)10-20-3)14(18)15-12-6-4-5-11(7-12)9-19-2/h4-7,13,17H,8-10H2,1-3H3,(H,15,18). The Bertz CT molecular complexity index is 425. The number of carbonyl (C=O) groups excluding carboxylic acids is 1. The van der Waals surface area contributed by atoms with Crippen LogP contribution in [-0.2, 0) is 16.1 Å². The highest BCUT2D eigenvalue weighted by Gasteiger charge is 2.13. The molecule has 0 aliphatic rings. The number of nitrogens with one attached hydrogen (secondary N) is 1. The molecule has 0 heterocycles. The summed E-state index contributed by atoms with van der Waals surface area (Å²) >= 11 is 0. The predicted octanol–water partition coefficient (Wildman–Crippen LogP) is 1.30. The van der Waals surface area contributed by atoms with E-state index in [4.69, 9.17) is 9.47 Å². The quantitative estimate of drug-likeness (QED) is 0.791. The molecule has 0 spiro atoms. The largest absolute Gasteiger partial charge is 0.389 e. The van der Waals surface area contributed by atoms with E-state index in [0.29, 0.717) is 12.3 Å². The van der Waals surface area contributed by atoms with E-state index in [2.05, 4.69) is 5.32 Å². The molecule has 20 heavy (non-hydrogen) atoms. The van der Waals surface area contributed by atoms with Gasteiger partial charge in [0.25, 0.3) is 0 Å². The molecule has 0 aromatic heterocycles. The second-order valence-corrected chi connectivity index (χ2v) is 4.55. The topological polar surface area (TPSA) is 71.0 Å². The van der Waals surface area contributed by atoms with Gasteiger partial charge in [-0.15, -0.1) is 0 Å². The Morgan fingerprint density at radius 2 is 2.15 bits per heavy atom. The second-order valence-electron chi connectivity index (χ2n) is 4.55. The van der Waals surface area contributed by atoms with Crippen molar-refractivity contribution >= 4 is 11.7 Å². The molecule has 0 saturated carbocycles. The molecule has 2 N–H and O–H groups in total. The summed E-state index contributed by atoms with van der Waals surface area (Å²) in [5.41, 5.74) is 1.67. The Morgan fingerprint density at radius 3 is 2.80 bits per heavy atom. The Balaban J connectivity index is 2.54. The SMILES string of the molecule is COCc1cccc(NC(=O)N(C)CC(O)COC)c1. The number of amides is 2. The van der Waals surface area contributed by atoms with Gasteiger partial charge in [-0.2, -0.15) is 0 Å². The van der Waals surface area contributed by atoms with Gasteiger partial charge in [-0.25, -0.2) is 4.79 Å². The smallest absolute Gasteiger partial charge is 0.321 e. The van der Waals surface area contributed by atoms with Gasteiger partial charge in [0.2, 0.25) is 0 Å². The summed E-state index contributed by atoms with van der Waals surface area (Å²) in [6, 6.07) is 7.14. The normalized spacial score (nSPS) is 12.0. The Hall–Kier alpha value is -1.63. The van der Waals surface area contributed by atoms with Crippen molar-refractivity contribution in [1.82, 2.24) is 4.90 Å². The minimum atomic E-state index is -0.699. The predicted molar refractivity (Wildman–Crippen MR) is 76.7 cm³/mol. The molecular weight excluding hydrogens is 260 g/mol. The third kappa shape index (κ3) is 5.56. The summed E-state index contributed by atoms with van der Waals surface area (Å²) in [4.78, 5) is 13.4. The number of ether oxygens (including phenoxy) is 2. The molecule has 1 aromatic rings. The number of rotatable bonds is 7. The number of likely N-dealkylation sites (N-methyl/N-ethyl adjacent to an activating group) is 1. The highest BCUT2D eigenvalue weighted by molar-refractivity contribution is 5.89. The van der Waals surface area contributed by atoms with Crippen molar-refractivity contribution in [1.29, 1.82) is 0 Å². The van der Waals surface area contributed by atoms with E-state index in [1.165, 1.54) is 12.0 Å². The van der Waals surface area contributed by atoms with Gasteiger partial charge in [0.05, 0.1) is 25.9 Å². The maximum absolute atomic E-state index is 12.0. The fourth-order valence-electron chi connectivity index (χ4n) is 1.77. The number of carbonyl (C=O) groups is 1. The number of nitrogens with zero attached hydrogens (tertiary/aromatic N) is 1. The molecule has 0 saturated heterocycles. The molecule has 1 aromatic carbocycles. The van der Waals surface area contributed by atoms with Gasteiger partial charge < -0.3 is 24.8 Å². The van der Waals surface area contributed by atoms with Crippen molar-refractivity contribution in [2.45, 2.75) is 12.7 Å². The Labute approximate surface area is 119 Å². The van der Waals surface area contributed by atoms with Crippen LogP contribution in [0.4, 0.5) is 10.5 Å². The van der Waals surface area contributed by atoms with Crippen LogP contribution in [0.5, 0.6) is 0 Å². The zero-order valence-electron chi connectivity index (χ0n) is 12.1. The lowest BCUT2D eigenvalue weighted by molar-refractivity contribution is 0.0501. The molecule has 0 aliphatic carbocycles. The molecule has 0 bridgehead atoms. The molecule has 112 valence electrons. The van der Waals surface area contributed by atoms with Crippen LogP contribution in [0.1, 0.15) is 5.56 Å². The highest BCUT2D eigenvalue weighted by Crippen LogP contribution is 2.12. The van der Waals surface area contributed by atoms with Crippen LogP contribution in [0.2, 0.25) is 0 Å². The lowest BCUT2D eigenvalue weighted by Gasteiger charge is -2.21. The van der Waals surface area contributed by atoms with E-state index in [0.717, 1.165) is 5.56 Å². The fraction of sp³-hybridized carbons (Fsp3) is 0.500. The van der Waals surface area contributed by atoms with Crippen molar-refractivity contribution in [2.24, 2.45) is 0 Å². The molecule has 6 heteroatoms. The summed E-state index contributed by atoms with van der Waals surface area (Å²) in [5.74, 6) is 0. The molecule has 0 aliphatic heterocycles. The van der Waals surface area contributed by atoms with E-state index in [9.17, 15) is 9.90 Å². The maximum Gasteiger partial charge on any atom is 0.321 e. The van der Waals surface area contributed by atoms with Crippen LogP contribution >= 0.6 is 0 Å². The zero-order valence-corrected chi connectivity index (χ0v) is 12.1. The fourth-order valence-corrected chi connectivity index (χ4v) is 1.77. The highest BCUT2D eigenvalue weighted by atomic mass is 16.5. The zero-order chi connectivity index (χ0) is 15.0. The minimum absolute atomic E-state index is 0.195. The summed E-state index contributed by atoms with van der Waals surface area (Å²) in [7, 11) is 4.74. The molecule has 1 atom stereocenters. The molecule has 1 unspecified atom stereocenters. The molecular formula is C14H22N2O4. The lowest BCUT2D eigenvalue weighted by Crippen LogP contribution is -2.38. The van der Waals surface area contributed by atoms with Crippen LogP contribution in [0, 0.1) is 0 Å². The van der Waals surface area contributed by atoms with Crippen molar-refractivity contribution in [2.75, 3.05) is 39.7 Å². The molecule has 0 fully saturated rings. The Kier molecular flexibility index (Phi) is 7.00. The van der Waals surface area contributed by atoms with Gasteiger partial charge >= 0.3 is 6.03 Å². The third-order valence-corrected chi connectivity index (χ3v) is 2.68. The van der Waals surface area contributed by atoms with Crippen LogP contribution < -0.4 is 5.32 Å². The number of anilines is 1. The van der Waals surface area contributed by atoms with Gasteiger partial charge in [0, 0.05) is 27.0 Å². The van der Waals surface area contributed by atoms with Crippen LogP contribution in [-0.4, -0.2) is 56.6 Å². The van der Waals surface area contributed by atoms with E-state index in [1.807, 2.05) is 18.2 Å². The summed E-state index contributed by atoms with van der Waals surface area (Å²) < 4.78 is 9.87. The van der Waals surface area contributed by atoms with Crippen LogP contribution in [0.25, 0.3) is 0 Å². The lowest BCUT2D eigenvalue weighted by atomic mass is 10.2. The number of urea groups is 1. The number of methoxy groups -OCH3 is 2. The van der Waals surface area contributed by atoms with Crippen molar-refractivity contribution in [3.63, 3.8) is 0 Å². The second kappa shape index (κ2) is 8.52. The number of hydrogen-bond acceptors (Lipinski definition) is 4. The van der Waals surface area contributed by atoms with Crippen molar-refractivity contribution < 1.29 is 19.4 Å². The van der Waals surface area contributed by atoms with E-state index in [1.54, 1.807) is 20.2 Å². The number of aliphatic hydroxyl groups excluding tert-OH is 1. The van der Waals surface area contributed by atoms with E-state index in [-0.39, 0.29) is 19.2 Å². The first-order valence-corrected chi connectivity index (χ1v) is 6.33. The maximum atomic E-state index is 12.0. The van der Waals surface area contributed by atoms with Crippen molar-refractivity contribution in [3.05, 3.63) is 29.8 Å². The van der Waals surface area contributed by atoms with Gasteiger partial charge in [-0.1, -0.05) is 12.1 Å². The Morgan fingerprint density at radius 1 is 1.40 bits per heavy atom. The summed E-state index contributed by atoms with van der Waals surface area (Å²) in [5, 5.41) is 12.4. The number of hydrogen-bond donors (Lipinski definition) is 2. The first-order chi connectivity index (χ1) is 9.56. The molecule has 1 rings (SSSR count). The molecule has 2 amide bonds. The van der Waals surface area contributed by atoms with Gasteiger partial charge in [-0.05, 0) is 17.7 Å². The first kappa shape index (κ1) is 16.4. The van der Waals surface area contributed by atoms with Gasteiger partial charge in [0.15, 0.2) is 0 Å². The van der Waals surface area contributed by atoms with Crippen molar-refractivity contribution in [3.8, 4) is 0 Å². The summed E-state index contributed by atoms with van der Waals surface area (Å²) in [6.07, 6.45) is -0.699. The molecule has 6 nitrogen and oxygen atoms in total. The van der Waals surface area contributed by atoms with E-state index >= 15 is 0 Å². The van der Waals surface area contributed by atoms with Crippen LogP contribution in [0.3, 0.4) is 0 Å². The first-order valence-electron chi connectivity index (χ1n) is 6.33. The van der Waals surface area contributed by atoms with E-state index < -0.39 is 6.10 Å². The number of aliphatic hydroxyl groups is 1. The third-order valence-electron chi connectivity index (χ3n) is 2.68. The minimum Gasteiger partial charge on any atom is -0.389 e. The molecule has 0 radical (unpaired) electrons. The van der Waals surface area contributed by atoms with Gasteiger partial charge in [0.1, 0.15) is 0 Å². The number of benzene rings is 1.